The molecule has 2 N–H and O–H groups in total. The third-order valence-corrected chi connectivity index (χ3v) is 3.42. The molecule has 0 saturated carbocycles. The molecule has 1 saturated heterocycles. The Morgan fingerprint density at radius 1 is 1.45 bits per heavy atom. The fourth-order valence-corrected chi connectivity index (χ4v) is 2.33. The molecule has 3 amide bonds. The van der Waals surface area contributed by atoms with Crippen molar-refractivity contribution < 1.29 is 14.0 Å². The van der Waals surface area contributed by atoms with Crippen molar-refractivity contribution in [2.24, 2.45) is 0 Å². The van der Waals surface area contributed by atoms with Gasteiger partial charge in [-0.1, -0.05) is 6.07 Å². The lowest BCUT2D eigenvalue weighted by molar-refractivity contribution is -0.117. The second-order valence-electron chi connectivity index (χ2n) is 5.59. The number of likely N-dealkylation sites (N-methyl/N-ethyl adjacent to an activating group) is 1. The van der Waals surface area contributed by atoms with Crippen molar-refractivity contribution in [3.05, 3.63) is 30.1 Å². The maximum Gasteiger partial charge on any atom is 0.315 e. The fourth-order valence-electron chi connectivity index (χ4n) is 2.33. The van der Waals surface area contributed by atoms with Gasteiger partial charge in [-0.2, -0.15) is 0 Å². The van der Waals surface area contributed by atoms with E-state index in [4.69, 9.17) is 0 Å². The Balaban J connectivity index is 1.86. The molecule has 0 unspecified atom stereocenters. The number of rotatable bonds is 5. The van der Waals surface area contributed by atoms with E-state index in [9.17, 15) is 14.0 Å². The van der Waals surface area contributed by atoms with Gasteiger partial charge >= 0.3 is 6.03 Å². The molecule has 1 aromatic carbocycles. The van der Waals surface area contributed by atoms with E-state index in [-0.39, 0.29) is 30.2 Å². The van der Waals surface area contributed by atoms with Crippen LogP contribution in [0, 0.1) is 5.82 Å². The Morgan fingerprint density at radius 3 is 2.91 bits per heavy atom. The molecule has 120 valence electrons. The van der Waals surface area contributed by atoms with Gasteiger partial charge in [0.05, 0.1) is 6.04 Å². The molecule has 1 fully saturated rings. The quantitative estimate of drug-likeness (QED) is 0.845. The molecular weight excluding hydrogens is 287 g/mol. The van der Waals surface area contributed by atoms with Crippen LogP contribution in [0.3, 0.4) is 0 Å². The SMILES string of the molecule is CN(C)CCNC(=O)N[C@H]1CC(=O)N(c2cccc(F)c2)C1. The predicted octanol–water partition coefficient (Wildman–Crippen LogP) is 0.792. The zero-order chi connectivity index (χ0) is 16.1. The number of carbonyl (C=O) groups excluding carboxylic acids is 2. The number of urea groups is 1. The highest BCUT2D eigenvalue weighted by Gasteiger charge is 2.31. The largest absolute Gasteiger partial charge is 0.337 e. The summed E-state index contributed by atoms with van der Waals surface area (Å²) in [5.41, 5.74) is 0.516. The molecule has 0 aliphatic carbocycles. The summed E-state index contributed by atoms with van der Waals surface area (Å²) in [6, 6.07) is 5.33. The maximum absolute atomic E-state index is 13.2. The molecule has 1 aromatic rings. The minimum atomic E-state index is -0.386. The van der Waals surface area contributed by atoms with E-state index in [2.05, 4.69) is 10.6 Å². The predicted molar refractivity (Wildman–Crippen MR) is 82.2 cm³/mol. The van der Waals surface area contributed by atoms with Crippen LogP contribution in [-0.4, -0.2) is 56.6 Å². The average Bonchev–Trinajstić information content (AvgIpc) is 2.79. The number of anilines is 1. The Labute approximate surface area is 129 Å². The number of amides is 3. The molecule has 0 spiro atoms. The zero-order valence-corrected chi connectivity index (χ0v) is 12.8. The number of nitrogens with one attached hydrogen (secondary N) is 2. The van der Waals surface area contributed by atoms with E-state index in [0.29, 0.717) is 18.8 Å². The van der Waals surface area contributed by atoms with Crippen LogP contribution in [0.25, 0.3) is 0 Å². The van der Waals surface area contributed by atoms with E-state index >= 15 is 0 Å². The van der Waals surface area contributed by atoms with Crippen LogP contribution in [0.1, 0.15) is 6.42 Å². The highest BCUT2D eigenvalue weighted by Crippen LogP contribution is 2.22. The van der Waals surface area contributed by atoms with E-state index < -0.39 is 0 Å². The number of halogens is 1. The number of hydrogen-bond donors (Lipinski definition) is 2. The van der Waals surface area contributed by atoms with E-state index in [1.54, 1.807) is 12.1 Å². The van der Waals surface area contributed by atoms with Crippen molar-refractivity contribution in [3.63, 3.8) is 0 Å². The third-order valence-electron chi connectivity index (χ3n) is 3.42. The fraction of sp³-hybridized carbons (Fsp3) is 0.467. The monoisotopic (exact) mass is 308 g/mol. The number of hydrogen-bond acceptors (Lipinski definition) is 3. The van der Waals surface area contributed by atoms with Gasteiger partial charge in [0.1, 0.15) is 5.82 Å². The minimum Gasteiger partial charge on any atom is -0.337 e. The van der Waals surface area contributed by atoms with Crippen molar-refractivity contribution in [1.82, 2.24) is 15.5 Å². The normalized spacial score (nSPS) is 17.9. The lowest BCUT2D eigenvalue weighted by Gasteiger charge is -2.17. The van der Waals surface area contributed by atoms with Crippen molar-refractivity contribution >= 4 is 17.6 Å². The molecular formula is C15H21FN4O2. The first kappa shape index (κ1) is 16.2. The molecule has 6 nitrogen and oxygen atoms in total. The smallest absolute Gasteiger partial charge is 0.315 e. The molecule has 1 atom stereocenters. The number of benzene rings is 1. The van der Waals surface area contributed by atoms with Crippen LogP contribution >= 0.6 is 0 Å². The van der Waals surface area contributed by atoms with Gasteiger partial charge < -0.3 is 20.4 Å². The molecule has 7 heteroatoms. The summed E-state index contributed by atoms with van der Waals surface area (Å²) in [6.07, 6.45) is 0.220. The third kappa shape index (κ3) is 4.42. The van der Waals surface area contributed by atoms with Crippen LogP contribution in [0.4, 0.5) is 14.9 Å². The van der Waals surface area contributed by atoms with Crippen LogP contribution < -0.4 is 15.5 Å². The molecule has 2 rings (SSSR count). The van der Waals surface area contributed by atoms with E-state index in [1.807, 2.05) is 19.0 Å². The van der Waals surface area contributed by atoms with Gasteiger partial charge in [-0.25, -0.2) is 9.18 Å². The molecule has 1 heterocycles. The summed E-state index contributed by atoms with van der Waals surface area (Å²) in [5.74, 6) is -0.507. The molecule has 0 radical (unpaired) electrons. The van der Waals surface area contributed by atoms with Crippen molar-refractivity contribution in [3.8, 4) is 0 Å². The van der Waals surface area contributed by atoms with Gasteiger partial charge in [-0.05, 0) is 32.3 Å². The first-order chi connectivity index (χ1) is 10.5. The zero-order valence-electron chi connectivity index (χ0n) is 12.8. The van der Waals surface area contributed by atoms with Gasteiger partial charge in [-0.15, -0.1) is 0 Å². The number of nitrogens with zero attached hydrogens (tertiary/aromatic N) is 2. The summed E-state index contributed by atoms with van der Waals surface area (Å²) in [4.78, 5) is 27.2. The van der Waals surface area contributed by atoms with Crippen molar-refractivity contribution in [1.29, 1.82) is 0 Å². The van der Waals surface area contributed by atoms with Crippen LogP contribution in [0.2, 0.25) is 0 Å². The van der Waals surface area contributed by atoms with Gasteiger partial charge in [0.25, 0.3) is 0 Å². The number of carbonyl (C=O) groups is 2. The van der Waals surface area contributed by atoms with Gasteiger partial charge in [0.15, 0.2) is 0 Å². The van der Waals surface area contributed by atoms with E-state index in [0.717, 1.165) is 6.54 Å². The van der Waals surface area contributed by atoms with Gasteiger partial charge in [0, 0.05) is 31.7 Å². The molecule has 22 heavy (non-hydrogen) atoms. The Kier molecular flexibility index (Phi) is 5.32. The topological polar surface area (TPSA) is 64.7 Å². The molecule has 0 aromatic heterocycles. The Morgan fingerprint density at radius 2 is 2.23 bits per heavy atom. The second-order valence-corrected chi connectivity index (χ2v) is 5.59. The Hall–Kier alpha value is -2.15. The lowest BCUT2D eigenvalue weighted by Crippen LogP contribution is -2.45. The van der Waals surface area contributed by atoms with Crippen LogP contribution in [0.15, 0.2) is 24.3 Å². The first-order valence-corrected chi connectivity index (χ1v) is 7.20. The average molecular weight is 308 g/mol. The summed E-state index contributed by atoms with van der Waals surface area (Å²) >= 11 is 0. The summed E-state index contributed by atoms with van der Waals surface area (Å²) in [5, 5.41) is 5.51. The highest BCUT2D eigenvalue weighted by atomic mass is 19.1. The van der Waals surface area contributed by atoms with Crippen molar-refractivity contribution in [2.45, 2.75) is 12.5 Å². The summed E-state index contributed by atoms with van der Waals surface area (Å²) in [6.45, 7) is 1.63. The first-order valence-electron chi connectivity index (χ1n) is 7.20. The Bertz CT molecular complexity index is 550. The maximum atomic E-state index is 13.2. The van der Waals surface area contributed by atoms with Gasteiger partial charge in [-0.3, -0.25) is 4.79 Å². The standard InChI is InChI=1S/C15H21FN4O2/c1-19(2)7-6-17-15(22)18-12-9-14(21)20(10-12)13-5-3-4-11(16)8-13/h3-5,8,12H,6-7,9-10H2,1-2H3,(H2,17,18,22)/t12-/m0/s1. The summed E-state index contributed by atoms with van der Waals surface area (Å²) < 4.78 is 13.2. The summed E-state index contributed by atoms with van der Waals surface area (Å²) in [7, 11) is 3.85. The molecule has 0 bridgehead atoms. The van der Waals surface area contributed by atoms with Gasteiger partial charge in [0.2, 0.25) is 5.91 Å². The molecule has 1 aliphatic rings. The van der Waals surface area contributed by atoms with Crippen molar-refractivity contribution in [2.75, 3.05) is 38.6 Å². The van der Waals surface area contributed by atoms with E-state index in [1.165, 1.54) is 17.0 Å². The highest BCUT2D eigenvalue weighted by molar-refractivity contribution is 5.96. The van der Waals surface area contributed by atoms with Crippen LogP contribution in [0.5, 0.6) is 0 Å². The van der Waals surface area contributed by atoms with Crippen LogP contribution in [-0.2, 0) is 4.79 Å². The molecule has 1 aliphatic heterocycles. The second kappa shape index (κ2) is 7.22. The minimum absolute atomic E-state index is 0.121. The lowest BCUT2D eigenvalue weighted by atomic mass is 10.2.